The number of rotatable bonds is 10. The normalized spacial score (nSPS) is 16.5. The molecule has 0 aliphatic carbocycles. The summed E-state index contributed by atoms with van der Waals surface area (Å²) in [4.78, 5) is 28.2. The maximum Gasteiger partial charge on any atom is 0.404 e. The fourth-order valence-corrected chi connectivity index (χ4v) is 6.87. The number of benzene rings is 1. The second kappa shape index (κ2) is 12.8. The van der Waals surface area contributed by atoms with Crippen molar-refractivity contribution < 1.29 is 62.8 Å². The monoisotopic (exact) mass is 718 g/mol. The molecule has 1 fully saturated rings. The summed E-state index contributed by atoms with van der Waals surface area (Å²) in [5.41, 5.74) is -4.33. The molecule has 1 unspecified atom stereocenters. The number of carboxylic acids is 1. The SMILES string of the molecule is CC(NS(=O)(=O)c1ccc(-c2sc(-c3cc(CC(C)(C)C(=O)O)on3)nc2C(=O)N2CCC(F)(F)CC2)c(C(F)F)c1F)C(F)(F)F. The molecule has 3 heterocycles. The van der Waals surface area contributed by atoms with Crippen LogP contribution in [0.4, 0.5) is 35.1 Å². The van der Waals surface area contributed by atoms with Crippen molar-refractivity contribution >= 4 is 33.2 Å². The molecule has 1 saturated heterocycles. The highest BCUT2D eigenvalue weighted by molar-refractivity contribution is 7.89. The van der Waals surface area contributed by atoms with Gasteiger partial charge in [-0.05, 0) is 26.8 Å². The quantitative estimate of drug-likeness (QED) is 0.233. The molecule has 1 aliphatic heterocycles. The Labute approximate surface area is 265 Å². The predicted octanol–water partition coefficient (Wildman–Crippen LogP) is 6.30. The molecule has 0 bridgehead atoms. The van der Waals surface area contributed by atoms with Gasteiger partial charge >= 0.3 is 12.1 Å². The van der Waals surface area contributed by atoms with Crippen LogP contribution in [0, 0.1) is 11.2 Å². The number of hydrogen-bond acceptors (Lipinski definition) is 8. The number of alkyl halides is 7. The van der Waals surface area contributed by atoms with Gasteiger partial charge in [0, 0.05) is 44.0 Å². The zero-order valence-electron chi connectivity index (χ0n) is 24.6. The first-order valence-electron chi connectivity index (χ1n) is 13.6. The summed E-state index contributed by atoms with van der Waals surface area (Å²) >= 11 is 0.504. The molecular weight excluding hydrogens is 692 g/mol. The van der Waals surface area contributed by atoms with Gasteiger partial charge in [0.25, 0.3) is 18.3 Å². The fourth-order valence-electron chi connectivity index (χ4n) is 4.51. The third kappa shape index (κ3) is 7.75. The smallest absolute Gasteiger partial charge is 0.404 e. The molecule has 3 aromatic rings. The average molecular weight is 719 g/mol. The molecule has 258 valence electrons. The van der Waals surface area contributed by atoms with Gasteiger partial charge in [0.15, 0.2) is 5.82 Å². The highest BCUT2D eigenvalue weighted by Gasteiger charge is 2.41. The minimum atomic E-state index is -5.34. The van der Waals surface area contributed by atoms with Crippen LogP contribution in [0.1, 0.15) is 61.9 Å². The largest absolute Gasteiger partial charge is 0.481 e. The lowest BCUT2D eigenvalue weighted by molar-refractivity contribution is -0.147. The van der Waals surface area contributed by atoms with Crippen LogP contribution in [0.15, 0.2) is 27.6 Å². The summed E-state index contributed by atoms with van der Waals surface area (Å²) in [6.07, 6.45) is -10.4. The van der Waals surface area contributed by atoms with Crippen molar-refractivity contribution in [3.8, 4) is 21.1 Å². The number of thiazole rings is 1. The predicted molar refractivity (Wildman–Crippen MR) is 149 cm³/mol. The number of piperidine rings is 1. The molecule has 1 aliphatic rings. The van der Waals surface area contributed by atoms with Crippen LogP contribution >= 0.6 is 11.3 Å². The van der Waals surface area contributed by atoms with Crippen molar-refractivity contribution in [2.75, 3.05) is 13.1 Å². The van der Waals surface area contributed by atoms with Crippen molar-refractivity contribution in [2.45, 2.75) is 69.5 Å². The van der Waals surface area contributed by atoms with Gasteiger partial charge in [0.05, 0.1) is 15.9 Å². The Morgan fingerprint density at radius 2 is 1.79 bits per heavy atom. The number of carbonyl (C=O) groups is 2. The topological polar surface area (TPSA) is 143 Å². The third-order valence-corrected chi connectivity index (χ3v) is 9.97. The molecule has 20 heteroatoms. The molecule has 0 saturated carbocycles. The first-order valence-corrected chi connectivity index (χ1v) is 15.9. The van der Waals surface area contributed by atoms with Crippen molar-refractivity contribution in [1.29, 1.82) is 0 Å². The summed E-state index contributed by atoms with van der Waals surface area (Å²) in [7, 11) is -5.34. The van der Waals surface area contributed by atoms with Crippen LogP contribution in [0.3, 0.4) is 0 Å². The minimum Gasteiger partial charge on any atom is -0.481 e. The number of nitrogens with zero attached hydrogens (tertiary/aromatic N) is 3. The van der Waals surface area contributed by atoms with Crippen molar-refractivity contribution in [1.82, 2.24) is 19.8 Å². The Morgan fingerprint density at radius 1 is 1.17 bits per heavy atom. The molecule has 2 aromatic heterocycles. The number of carboxylic acid groups (broad SMARTS) is 1. The van der Waals surface area contributed by atoms with Crippen LogP contribution in [-0.4, -0.2) is 71.7 Å². The molecule has 0 radical (unpaired) electrons. The van der Waals surface area contributed by atoms with E-state index >= 15 is 4.39 Å². The van der Waals surface area contributed by atoms with E-state index in [1.165, 1.54) is 24.6 Å². The van der Waals surface area contributed by atoms with Gasteiger partial charge in [-0.25, -0.2) is 35.4 Å². The number of sulfonamides is 1. The van der Waals surface area contributed by atoms with E-state index in [2.05, 4.69) is 10.1 Å². The van der Waals surface area contributed by atoms with E-state index in [0.29, 0.717) is 30.4 Å². The van der Waals surface area contributed by atoms with Gasteiger partial charge < -0.3 is 14.5 Å². The molecular formula is C27H26F8N4O6S2. The summed E-state index contributed by atoms with van der Waals surface area (Å²) in [6, 6.07) is -0.334. The number of likely N-dealkylation sites (tertiary alicyclic amines) is 1. The van der Waals surface area contributed by atoms with E-state index in [-0.39, 0.29) is 22.9 Å². The van der Waals surface area contributed by atoms with Crippen LogP contribution < -0.4 is 4.72 Å². The van der Waals surface area contributed by atoms with Gasteiger partial charge in [-0.15, -0.1) is 11.3 Å². The molecule has 1 aromatic carbocycles. The van der Waals surface area contributed by atoms with E-state index in [1.807, 2.05) is 0 Å². The number of hydrogen-bond donors (Lipinski definition) is 2. The van der Waals surface area contributed by atoms with Crippen molar-refractivity contribution in [3.63, 3.8) is 0 Å². The van der Waals surface area contributed by atoms with Gasteiger partial charge in [-0.2, -0.15) is 17.9 Å². The lowest BCUT2D eigenvalue weighted by atomic mass is 9.88. The zero-order chi connectivity index (χ0) is 35.3. The van der Waals surface area contributed by atoms with E-state index in [9.17, 15) is 53.8 Å². The van der Waals surface area contributed by atoms with E-state index in [1.54, 1.807) is 0 Å². The number of aromatic nitrogens is 2. The van der Waals surface area contributed by atoms with Crippen LogP contribution in [0.2, 0.25) is 0 Å². The molecule has 1 atom stereocenters. The summed E-state index contributed by atoms with van der Waals surface area (Å²) < 4.78 is 143. The minimum absolute atomic E-state index is 0.0600. The van der Waals surface area contributed by atoms with Crippen molar-refractivity contribution in [2.24, 2.45) is 5.41 Å². The van der Waals surface area contributed by atoms with Gasteiger partial charge in [-0.1, -0.05) is 11.2 Å². The van der Waals surface area contributed by atoms with Crippen LogP contribution in [0.5, 0.6) is 0 Å². The average Bonchev–Trinajstić information content (AvgIpc) is 3.58. The Kier molecular flexibility index (Phi) is 9.82. The second-order valence-corrected chi connectivity index (χ2v) is 14.1. The van der Waals surface area contributed by atoms with Gasteiger partial charge in [0.2, 0.25) is 10.0 Å². The first kappa shape index (κ1) is 36.2. The molecule has 47 heavy (non-hydrogen) atoms. The zero-order valence-corrected chi connectivity index (χ0v) is 26.2. The highest BCUT2D eigenvalue weighted by Crippen LogP contribution is 2.43. The number of amides is 1. The summed E-state index contributed by atoms with van der Waals surface area (Å²) in [5.74, 6) is -7.28. The lowest BCUT2D eigenvalue weighted by Gasteiger charge is -2.31. The van der Waals surface area contributed by atoms with Crippen LogP contribution in [0.25, 0.3) is 21.1 Å². The Bertz CT molecular complexity index is 1780. The van der Waals surface area contributed by atoms with Gasteiger partial charge in [0.1, 0.15) is 33.1 Å². The molecule has 2 N–H and O–H groups in total. The lowest BCUT2D eigenvalue weighted by Crippen LogP contribution is -2.43. The Hall–Kier alpha value is -3.65. The fraction of sp³-hybridized carbons (Fsp3) is 0.481. The van der Waals surface area contributed by atoms with Gasteiger partial charge in [-0.3, -0.25) is 9.59 Å². The highest BCUT2D eigenvalue weighted by atomic mass is 32.2. The van der Waals surface area contributed by atoms with Crippen LogP contribution in [-0.2, 0) is 21.2 Å². The molecule has 1 amide bonds. The number of nitrogens with one attached hydrogen (secondary N) is 1. The maximum absolute atomic E-state index is 15.6. The number of aliphatic carboxylic acids is 1. The van der Waals surface area contributed by atoms with E-state index < -0.39 is 110 Å². The standard InChI is InChI=1S/C27H26F8N4O6S2/c1-12(27(33,34)35)38-47(43,44)16-5-4-14(17(18(16)28)21(29)30)20-19(23(40)39-8-6-26(31,32)7-9-39)36-22(46-20)15-10-13(45-37-15)11-25(2,3)24(41)42/h4-5,10,12,21,38H,6-9,11H2,1-3H3,(H,41,42). The molecule has 4 rings (SSSR count). The third-order valence-electron chi connectivity index (χ3n) is 7.30. The molecule has 0 spiro atoms. The Morgan fingerprint density at radius 3 is 2.34 bits per heavy atom. The van der Waals surface area contributed by atoms with Crippen molar-refractivity contribution in [3.05, 3.63) is 41.0 Å². The summed E-state index contributed by atoms with van der Waals surface area (Å²) in [5, 5.41) is 13.0. The van der Waals surface area contributed by atoms with E-state index in [4.69, 9.17) is 4.52 Å². The summed E-state index contributed by atoms with van der Waals surface area (Å²) in [6.45, 7) is 2.33. The maximum atomic E-state index is 15.6. The first-order chi connectivity index (χ1) is 21.5. The second-order valence-electron chi connectivity index (χ2n) is 11.4. The molecule has 10 nitrogen and oxygen atoms in total. The number of carbonyl (C=O) groups excluding carboxylic acids is 1. The number of halogens is 8. The van der Waals surface area contributed by atoms with E-state index in [0.717, 1.165) is 4.90 Å². The Balaban J connectivity index is 1.85.